The molecule has 2 aromatic carbocycles. The summed E-state index contributed by atoms with van der Waals surface area (Å²) in [7, 11) is 0. The molecule has 2 aliphatic rings. The molecule has 2 aromatic rings. The molecule has 0 fully saturated rings. The predicted molar refractivity (Wildman–Crippen MR) is 137 cm³/mol. The Morgan fingerprint density at radius 3 is 2.50 bits per heavy atom. The molecule has 0 radical (unpaired) electrons. The van der Waals surface area contributed by atoms with Crippen LogP contribution in [0.4, 0.5) is 16.2 Å². The molecule has 0 spiro atoms. The number of ether oxygens (including phenoxy) is 1. The summed E-state index contributed by atoms with van der Waals surface area (Å²) in [6.45, 7) is 6.73. The lowest BCUT2D eigenvalue weighted by Gasteiger charge is -2.21. The smallest absolute Gasteiger partial charge is 0.408 e. The molecule has 1 heterocycles. The Bertz CT molecular complexity index is 1280. The van der Waals surface area contributed by atoms with Gasteiger partial charge in [0.1, 0.15) is 23.1 Å². The van der Waals surface area contributed by atoms with E-state index in [-0.39, 0.29) is 17.4 Å². The first-order valence-electron chi connectivity index (χ1n) is 12.0. The highest BCUT2D eigenvalue weighted by molar-refractivity contribution is 6.35. The third-order valence-corrected chi connectivity index (χ3v) is 6.12. The first-order valence-corrected chi connectivity index (χ1v) is 12.0. The molecule has 1 atom stereocenters. The molecule has 0 saturated carbocycles. The number of anilines is 2. The zero-order valence-electron chi connectivity index (χ0n) is 20.8. The van der Waals surface area contributed by atoms with Crippen LogP contribution >= 0.6 is 0 Å². The zero-order valence-corrected chi connectivity index (χ0v) is 20.8. The largest absolute Gasteiger partial charge is 0.508 e. The minimum absolute atomic E-state index is 0.0720. The molecule has 9 nitrogen and oxygen atoms in total. The average Bonchev–Trinajstić information content (AvgIpc) is 3.10. The molecule has 1 aliphatic carbocycles. The highest BCUT2D eigenvalue weighted by Crippen LogP contribution is 2.41. The van der Waals surface area contributed by atoms with Gasteiger partial charge in [-0.2, -0.15) is 0 Å². The Hall–Kier alpha value is -4.01. The monoisotopic (exact) mass is 493 g/mol. The van der Waals surface area contributed by atoms with Gasteiger partial charge in [0, 0.05) is 39.2 Å². The summed E-state index contributed by atoms with van der Waals surface area (Å²) in [6.07, 6.45) is 4.10. The third-order valence-electron chi connectivity index (χ3n) is 6.12. The molecule has 1 aliphatic heterocycles. The van der Waals surface area contributed by atoms with Gasteiger partial charge in [0.2, 0.25) is 5.91 Å². The van der Waals surface area contributed by atoms with Crippen LogP contribution < -0.4 is 16.0 Å². The number of phenols is 2. The minimum Gasteiger partial charge on any atom is -0.508 e. The first kappa shape index (κ1) is 25.1. The van der Waals surface area contributed by atoms with Crippen molar-refractivity contribution in [3.8, 4) is 11.5 Å². The first-order chi connectivity index (χ1) is 16.9. The van der Waals surface area contributed by atoms with Gasteiger partial charge in [0.25, 0.3) is 5.91 Å². The number of aromatic hydroxyl groups is 2. The number of carbonyl (C=O) groups excluding carboxylic acids is 3. The summed E-state index contributed by atoms with van der Waals surface area (Å²) in [5.74, 6) is -0.630. The summed E-state index contributed by atoms with van der Waals surface area (Å²) >= 11 is 0. The van der Waals surface area contributed by atoms with E-state index in [1.54, 1.807) is 45.0 Å². The van der Waals surface area contributed by atoms with Crippen molar-refractivity contribution < 1.29 is 29.3 Å². The molecule has 9 heteroatoms. The lowest BCUT2D eigenvalue weighted by atomic mass is 9.88. The Morgan fingerprint density at radius 2 is 1.81 bits per heavy atom. The van der Waals surface area contributed by atoms with Crippen molar-refractivity contribution >= 4 is 40.9 Å². The van der Waals surface area contributed by atoms with Gasteiger partial charge in [-0.25, -0.2) is 4.79 Å². The summed E-state index contributed by atoms with van der Waals surface area (Å²) in [4.78, 5) is 37.3. The van der Waals surface area contributed by atoms with E-state index in [4.69, 9.17) is 4.74 Å². The van der Waals surface area contributed by atoms with E-state index >= 15 is 0 Å². The van der Waals surface area contributed by atoms with E-state index in [0.717, 1.165) is 24.0 Å². The predicted octanol–water partition coefficient (Wildman–Crippen LogP) is 4.32. The summed E-state index contributed by atoms with van der Waals surface area (Å²) < 4.78 is 5.18. The molecule has 3 amide bonds. The zero-order chi connectivity index (χ0) is 26.2. The van der Waals surface area contributed by atoms with E-state index in [1.165, 1.54) is 13.0 Å². The SMILES string of the molecule is CC(NC(=O)OC(C)(C)C)C(=O)Nc1ccc2c(c1)C(=Cc1cc(O)c3c(c1O)CCCC3)C(=O)N2. The second-order valence-corrected chi connectivity index (χ2v) is 10.1. The average molecular weight is 494 g/mol. The molecule has 0 saturated heterocycles. The van der Waals surface area contributed by atoms with Crippen LogP contribution in [-0.2, 0) is 27.2 Å². The molecule has 190 valence electrons. The van der Waals surface area contributed by atoms with Crippen LogP contribution in [0.15, 0.2) is 24.3 Å². The van der Waals surface area contributed by atoms with Gasteiger partial charge >= 0.3 is 6.09 Å². The maximum Gasteiger partial charge on any atom is 0.408 e. The van der Waals surface area contributed by atoms with Crippen molar-refractivity contribution in [2.24, 2.45) is 0 Å². The maximum atomic E-state index is 12.7. The van der Waals surface area contributed by atoms with Gasteiger partial charge in [-0.15, -0.1) is 0 Å². The van der Waals surface area contributed by atoms with Crippen molar-refractivity contribution in [1.82, 2.24) is 5.32 Å². The molecule has 0 bridgehead atoms. The molecule has 1 unspecified atom stereocenters. The Morgan fingerprint density at radius 1 is 1.11 bits per heavy atom. The molecule has 5 N–H and O–H groups in total. The van der Waals surface area contributed by atoms with Crippen LogP contribution in [0.2, 0.25) is 0 Å². The Labute approximate surface area is 209 Å². The number of hydrogen-bond acceptors (Lipinski definition) is 6. The molecular formula is C27H31N3O6. The van der Waals surface area contributed by atoms with Crippen molar-refractivity contribution in [2.45, 2.75) is 65.0 Å². The number of benzene rings is 2. The van der Waals surface area contributed by atoms with Crippen LogP contribution in [-0.4, -0.2) is 39.8 Å². The fourth-order valence-corrected chi connectivity index (χ4v) is 4.40. The van der Waals surface area contributed by atoms with Crippen LogP contribution in [0.3, 0.4) is 0 Å². The minimum atomic E-state index is -0.863. The highest BCUT2D eigenvalue weighted by Gasteiger charge is 2.27. The quantitative estimate of drug-likeness (QED) is 0.318. The number of rotatable bonds is 4. The number of nitrogens with one attached hydrogen (secondary N) is 3. The van der Waals surface area contributed by atoms with E-state index in [2.05, 4.69) is 16.0 Å². The molecular weight excluding hydrogens is 462 g/mol. The van der Waals surface area contributed by atoms with Gasteiger partial charge < -0.3 is 30.9 Å². The third kappa shape index (κ3) is 5.30. The van der Waals surface area contributed by atoms with Crippen molar-refractivity contribution in [2.75, 3.05) is 10.6 Å². The lowest BCUT2D eigenvalue weighted by molar-refractivity contribution is -0.117. The van der Waals surface area contributed by atoms with Gasteiger partial charge in [-0.1, -0.05) is 0 Å². The fourth-order valence-electron chi connectivity index (χ4n) is 4.40. The number of fused-ring (bicyclic) bond motifs is 2. The van der Waals surface area contributed by atoms with Crippen molar-refractivity contribution in [3.05, 3.63) is 46.5 Å². The van der Waals surface area contributed by atoms with Gasteiger partial charge in [-0.3, -0.25) is 9.59 Å². The maximum absolute atomic E-state index is 12.7. The number of hydrogen-bond donors (Lipinski definition) is 5. The lowest BCUT2D eigenvalue weighted by Crippen LogP contribution is -2.43. The number of carbonyl (C=O) groups is 3. The summed E-state index contributed by atoms with van der Waals surface area (Å²) in [6, 6.07) is 5.57. The normalized spacial score (nSPS) is 16.6. The Kier molecular flexibility index (Phi) is 6.67. The molecule has 0 aromatic heterocycles. The standard InChI is InChI=1S/C27H31N3O6/c1-14(28-26(35)36-27(2,3)4)24(33)29-16-9-10-21-19(13-16)20(25(34)30-21)11-15-12-22(31)17-7-5-6-8-18(17)23(15)32/h9-14,31-32H,5-8H2,1-4H3,(H,28,35)(H,29,33)(H,30,34). The topological polar surface area (TPSA) is 137 Å². The number of alkyl carbamates (subject to hydrolysis) is 1. The second kappa shape index (κ2) is 9.56. The van der Waals surface area contributed by atoms with E-state index < -0.39 is 23.6 Å². The van der Waals surface area contributed by atoms with E-state index in [1.807, 2.05) is 0 Å². The fraction of sp³-hybridized carbons (Fsp3) is 0.370. The van der Waals surface area contributed by atoms with Gasteiger partial charge in [-0.05, 0) is 83.7 Å². The van der Waals surface area contributed by atoms with Crippen LogP contribution in [0.1, 0.15) is 62.8 Å². The van der Waals surface area contributed by atoms with Gasteiger partial charge in [0.15, 0.2) is 0 Å². The van der Waals surface area contributed by atoms with Crippen LogP contribution in [0, 0.1) is 0 Å². The van der Waals surface area contributed by atoms with E-state index in [9.17, 15) is 24.6 Å². The highest BCUT2D eigenvalue weighted by atomic mass is 16.6. The van der Waals surface area contributed by atoms with Crippen molar-refractivity contribution in [3.63, 3.8) is 0 Å². The molecule has 36 heavy (non-hydrogen) atoms. The van der Waals surface area contributed by atoms with Gasteiger partial charge in [0.05, 0.1) is 0 Å². The number of amides is 3. The summed E-state index contributed by atoms with van der Waals surface area (Å²) in [5, 5.41) is 29.3. The van der Waals surface area contributed by atoms with Crippen molar-refractivity contribution in [1.29, 1.82) is 0 Å². The molecule has 4 rings (SSSR count). The summed E-state index contributed by atoms with van der Waals surface area (Å²) in [5.41, 5.74) is 2.98. The van der Waals surface area contributed by atoms with Crippen LogP contribution in [0.25, 0.3) is 11.6 Å². The Balaban J connectivity index is 1.57. The van der Waals surface area contributed by atoms with E-state index in [0.29, 0.717) is 40.9 Å². The second-order valence-electron chi connectivity index (χ2n) is 10.1. The number of phenolic OH excluding ortho intramolecular Hbond substituents is 2. The van der Waals surface area contributed by atoms with Crippen LogP contribution in [0.5, 0.6) is 11.5 Å².